The molecule has 0 aromatic heterocycles. The first-order valence-electron chi connectivity index (χ1n) is 8.32. The summed E-state index contributed by atoms with van der Waals surface area (Å²) in [6.45, 7) is 9.60. The molecule has 0 fully saturated rings. The molecule has 6 heteroatoms. The van der Waals surface area contributed by atoms with E-state index in [0.29, 0.717) is 17.9 Å². The van der Waals surface area contributed by atoms with Crippen molar-refractivity contribution in [3.8, 4) is 0 Å². The highest BCUT2D eigenvalue weighted by Gasteiger charge is 2.51. The van der Waals surface area contributed by atoms with Crippen LogP contribution in [0.1, 0.15) is 20.8 Å². The van der Waals surface area contributed by atoms with E-state index in [2.05, 4.69) is 6.58 Å². The Balaban J connectivity index is 2.16. The minimum atomic E-state index is -0.550. The fourth-order valence-corrected chi connectivity index (χ4v) is 3.53. The van der Waals surface area contributed by atoms with E-state index in [-0.39, 0.29) is 12.5 Å². The van der Waals surface area contributed by atoms with Gasteiger partial charge in [0.1, 0.15) is 17.4 Å². The molecule has 0 radical (unpaired) electrons. The van der Waals surface area contributed by atoms with Crippen molar-refractivity contribution in [3.63, 3.8) is 0 Å². The molecule has 1 aromatic rings. The highest BCUT2D eigenvalue weighted by atomic mass is 16.5. The van der Waals surface area contributed by atoms with E-state index < -0.39 is 18.2 Å². The molecule has 1 aromatic carbocycles. The maximum absolute atomic E-state index is 12.5. The summed E-state index contributed by atoms with van der Waals surface area (Å²) in [5.74, 6) is -0.112. The van der Waals surface area contributed by atoms with E-state index in [1.807, 2.05) is 29.2 Å². The maximum Gasteiger partial charge on any atom is 0.339 e. The van der Waals surface area contributed by atoms with Crippen molar-refractivity contribution in [2.24, 2.45) is 0 Å². The first-order valence-corrected chi connectivity index (χ1v) is 8.32. The molecule has 0 aliphatic carbocycles. The predicted molar refractivity (Wildman–Crippen MR) is 95.1 cm³/mol. The number of hydrogen-bond donors (Lipinski definition) is 0. The number of rotatable bonds is 4. The molecule has 0 N–H and O–H groups in total. The first kappa shape index (κ1) is 17.1. The molecule has 2 heterocycles. The second kappa shape index (κ2) is 6.63. The number of anilines is 2. The van der Waals surface area contributed by atoms with Gasteiger partial charge in [-0.25, -0.2) is 4.79 Å². The average Bonchev–Trinajstić information content (AvgIpc) is 2.91. The highest BCUT2D eigenvalue weighted by Crippen LogP contribution is 2.45. The number of carbonyl (C=O) groups excluding carboxylic acids is 2. The number of esters is 1. The van der Waals surface area contributed by atoms with Gasteiger partial charge in [0, 0.05) is 13.5 Å². The van der Waals surface area contributed by atoms with Gasteiger partial charge in [0.25, 0.3) is 0 Å². The molecule has 2 aliphatic rings. The molecule has 2 aliphatic heterocycles. The maximum atomic E-state index is 12.5. The van der Waals surface area contributed by atoms with E-state index in [1.54, 1.807) is 24.8 Å². The van der Waals surface area contributed by atoms with E-state index in [0.717, 1.165) is 11.4 Å². The lowest BCUT2D eigenvalue weighted by atomic mass is 9.98. The van der Waals surface area contributed by atoms with Crippen molar-refractivity contribution in [3.05, 3.63) is 48.3 Å². The lowest BCUT2D eigenvalue weighted by Gasteiger charge is -2.45. The van der Waals surface area contributed by atoms with Gasteiger partial charge in [-0.1, -0.05) is 18.2 Å². The number of benzene rings is 1. The number of ether oxygens (including phenoxy) is 2. The molecule has 0 unspecified atom stereocenters. The van der Waals surface area contributed by atoms with Gasteiger partial charge in [-0.2, -0.15) is 0 Å². The number of para-hydroxylation sites is 2. The van der Waals surface area contributed by atoms with Crippen LogP contribution in [-0.2, 0) is 19.1 Å². The Bertz CT molecular complexity index is 756. The Morgan fingerprint density at radius 2 is 2.00 bits per heavy atom. The summed E-state index contributed by atoms with van der Waals surface area (Å²) in [6.07, 6.45) is 1.29. The van der Waals surface area contributed by atoms with Crippen LogP contribution in [0.25, 0.3) is 0 Å². The minimum Gasteiger partial charge on any atom is -0.472 e. The van der Waals surface area contributed by atoms with Crippen LogP contribution in [0.4, 0.5) is 11.4 Å². The molecule has 2 atom stereocenters. The zero-order valence-electron chi connectivity index (χ0n) is 14.7. The van der Waals surface area contributed by atoms with E-state index in [4.69, 9.17) is 9.47 Å². The monoisotopic (exact) mass is 342 g/mol. The van der Waals surface area contributed by atoms with Crippen LogP contribution in [-0.4, -0.2) is 37.3 Å². The zero-order chi connectivity index (χ0) is 18.1. The number of nitrogens with zero attached hydrogens (tertiary/aromatic N) is 2. The lowest BCUT2D eigenvalue weighted by molar-refractivity contribution is -0.138. The topological polar surface area (TPSA) is 59.1 Å². The van der Waals surface area contributed by atoms with Gasteiger partial charge in [0.15, 0.2) is 6.23 Å². The number of amides is 1. The summed E-state index contributed by atoms with van der Waals surface area (Å²) in [7, 11) is 0. The van der Waals surface area contributed by atoms with Gasteiger partial charge >= 0.3 is 5.97 Å². The van der Waals surface area contributed by atoms with Gasteiger partial charge in [0.2, 0.25) is 5.91 Å². The fourth-order valence-electron chi connectivity index (χ4n) is 3.53. The highest BCUT2D eigenvalue weighted by molar-refractivity contribution is 6.02. The number of carbonyl (C=O) groups is 2. The molecular formula is C19H22N2O4. The van der Waals surface area contributed by atoms with Gasteiger partial charge in [-0.3, -0.25) is 9.69 Å². The van der Waals surface area contributed by atoms with E-state index in [1.165, 1.54) is 6.92 Å². The van der Waals surface area contributed by atoms with Crippen LogP contribution >= 0.6 is 0 Å². The number of allylic oxidation sites excluding steroid dienone is 1. The van der Waals surface area contributed by atoms with E-state index >= 15 is 0 Å². The van der Waals surface area contributed by atoms with Gasteiger partial charge in [0.05, 0.1) is 18.0 Å². The molecule has 25 heavy (non-hydrogen) atoms. The van der Waals surface area contributed by atoms with Gasteiger partial charge in [-0.15, -0.1) is 6.58 Å². The largest absolute Gasteiger partial charge is 0.472 e. The van der Waals surface area contributed by atoms with Crippen molar-refractivity contribution >= 4 is 23.3 Å². The molecule has 1 amide bonds. The van der Waals surface area contributed by atoms with Crippen LogP contribution in [0.2, 0.25) is 0 Å². The summed E-state index contributed by atoms with van der Waals surface area (Å²) in [4.78, 5) is 28.6. The third kappa shape index (κ3) is 2.67. The average molecular weight is 342 g/mol. The second-order valence-electron chi connectivity index (χ2n) is 5.96. The summed E-state index contributed by atoms with van der Waals surface area (Å²) < 4.78 is 11.2. The Morgan fingerprint density at radius 3 is 2.60 bits per heavy atom. The summed E-state index contributed by atoms with van der Waals surface area (Å²) in [6, 6.07) is 7.05. The molecule has 3 rings (SSSR count). The van der Waals surface area contributed by atoms with Crippen LogP contribution in [0, 0.1) is 0 Å². The van der Waals surface area contributed by atoms with Crippen molar-refractivity contribution in [1.82, 2.24) is 0 Å². The van der Waals surface area contributed by atoms with Crippen LogP contribution in [0.5, 0.6) is 0 Å². The third-order valence-corrected chi connectivity index (χ3v) is 4.44. The first-order chi connectivity index (χ1) is 12.0. The van der Waals surface area contributed by atoms with Crippen molar-refractivity contribution < 1.29 is 19.1 Å². The predicted octanol–water partition coefficient (Wildman–Crippen LogP) is 2.61. The van der Waals surface area contributed by atoms with Crippen LogP contribution in [0.3, 0.4) is 0 Å². The van der Waals surface area contributed by atoms with Crippen molar-refractivity contribution in [1.29, 1.82) is 0 Å². The third-order valence-electron chi connectivity index (χ3n) is 4.44. The number of fused-ring (bicyclic) bond motifs is 2. The minimum absolute atomic E-state index is 0.152. The normalized spacial score (nSPS) is 21.4. The summed E-state index contributed by atoms with van der Waals surface area (Å²) in [5.41, 5.74) is 2.01. The molecule has 6 nitrogen and oxygen atoms in total. The summed E-state index contributed by atoms with van der Waals surface area (Å²) in [5, 5.41) is 0. The molecule has 132 valence electrons. The van der Waals surface area contributed by atoms with Gasteiger partial charge in [-0.05, 0) is 26.0 Å². The lowest BCUT2D eigenvalue weighted by Crippen LogP contribution is -2.58. The van der Waals surface area contributed by atoms with Crippen molar-refractivity contribution in [2.75, 3.05) is 23.0 Å². The van der Waals surface area contributed by atoms with Gasteiger partial charge < -0.3 is 14.4 Å². The molecule has 0 saturated carbocycles. The Labute approximate surface area is 147 Å². The molecule has 0 bridgehead atoms. The van der Waals surface area contributed by atoms with Crippen LogP contribution < -0.4 is 9.80 Å². The fraction of sp³-hybridized carbons (Fsp3) is 0.368. The second-order valence-corrected chi connectivity index (χ2v) is 5.96. The Kier molecular flexibility index (Phi) is 4.53. The Morgan fingerprint density at radius 1 is 1.32 bits per heavy atom. The smallest absolute Gasteiger partial charge is 0.339 e. The molecule has 0 spiro atoms. The molecular weight excluding hydrogens is 320 g/mol. The van der Waals surface area contributed by atoms with Crippen LogP contribution in [0.15, 0.2) is 48.3 Å². The standard InChI is InChI=1S/C19H22N2O4/c1-5-11-20-14-9-7-8-10-15(14)21(13(4)22)17-16(19(23)24-6-2)12(3)25-18(17)20/h5,7-10,17-18H,1,6,11H2,2-4H3/t17-,18+/m1/s1. The quantitative estimate of drug-likeness (QED) is 0.622. The SMILES string of the molecule is C=CCN1c2ccccc2N(C(C)=O)[C@@H]2C(C(=O)OCC)=C(C)O[C@@H]21. The zero-order valence-corrected chi connectivity index (χ0v) is 14.7. The summed E-state index contributed by atoms with van der Waals surface area (Å²) >= 11 is 0. The molecule has 0 saturated heterocycles. The Hall–Kier alpha value is -2.76. The van der Waals surface area contributed by atoms with E-state index in [9.17, 15) is 9.59 Å². The number of hydrogen-bond acceptors (Lipinski definition) is 5. The van der Waals surface area contributed by atoms with Crippen molar-refractivity contribution in [2.45, 2.75) is 33.0 Å².